The highest BCUT2D eigenvalue weighted by atomic mass is 19.4. The van der Waals surface area contributed by atoms with E-state index in [9.17, 15) is 18.0 Å². The van der Waals surface area contributed by atoms with Gasteiger partial charge in [-0.1, -0.05) is 12.1 Å². The van der Waals surface area contributed by atoms with Crippen LogP contribution in [0.25, 0.3) is 5.69 Å². The van der Waals surface area contributed by atoms with Gasteiger partial charge < -0.3 is 0 Å². The lowest BCUT2D eigenvalue weighted by Crippen LogP contribution is -2.32. The van der Waals surface area contributed by atoms with Crippen molar-refractivity contribution in [2.45, 2.75) is 20.0 Å². The lowest BCUT2D eigenvalue weighted by Gasteiger charge is -2.15. The van der Waals surface area contributed by atoms with Crippen molar-refractivity contribution < 1.29 is 18.0 Å². The zero-order chi connectivity index (χ0) is 15.8. The Labute approximate surface area is 118 Å². The first-order chi connectivity index (χ1) is 9.77. The number of aromatic nitrogens is 2. The number of aryl methyl sites for hydroxylation is 1. The van der Waals surface area contributed by atoms with Gasteiger partial charge in [-0.25, -0.2) is 10.5 Å². The molecular formula is C13H13F3N4O. The molecule has 3 N–H and O–H groups in total. The summed E-state index contributed by atoms with van der Waals surface area (Å²) in [6, 6.07) is 4.92. The number of hydrogen-bond acceptors (Lipinski definition) is 3. The van der Waals surface area contributed by atoms with Crippen LogP contribution in [0.1, 0.15) is 27.2 Å². The lowest BCUT2D eigenvalue weighted by atomic mass is 10.1. The van der Waals surface area contributed by atoms with E-state index in [2.05, 4.69) is 5.10 Å². The fourth-order valence-corrected chi connectivity index (χ4v) is 2.01. The predicted octanol–water partition coefficient (Wildman–Crippen LogP) is 2.11. The van der Waals surface area contributed by atoms with Crippen molar-refractivity contribution in [3.63, 3.8) is 0 Å². The summed E-state index contributed by atoms with van der Waals surface area (Å²) in [6.07, 6.45) is -3.89. The smallest absolute Gasteiger partial charge is 0.290 e. The van der Waals surface area contributed by atoms with E-state index in [0.717, 1.165) is 11.8 Å². The van der Waals surface area contributed by atoms with Gasteiger partial charge in [-0.2, -0.15) is 18.3 Å². The molecule has 0 saturated carbocycles. The number of carbonyl (C=O) groups excluding carboxylic acids is 1. The Bertz CT molecular complexity index is 691. The molecule has 8 heteroatoms. The van der Waals surface area contributed by atoms with Crippen molar-refractivity contribution in [1.82, 2.24) is 15.2 Å². The summed E-state index contributed by atoms with van der Waals surface area (Å²) in [5, 5.41) is 3.70. The number of hydrogen-bond donors (Lipinski definition) is 2. The maximum atomic E-state index is 13.3. The predicted molar refractivity (Wildman–Crippen MR) is 69.7 cm³/mol. The molecule has 0 radical (unpaired) electrons. The van der Waals surface area contributed by atoms with Crippen LogP contribution in [0.5, 0.6) is 0 Å². The number of rotatable bonds is 2. The number of halogens is 3. The standard InChI is InChI=1S/C13H13F3N4O/c1-7-4-3-5-10(8(7)2)20-11(13(14,15)16)9(6-18-20)12(21)19-17/h3-6H,17H2,1-2H3,(H,19,21). The van der Waals surface area contributed by atoms with E-state index in [4.69, 9.17) is 5.84 Å². The SMILES string of the molecule is Cc1cccc(-n2ncc(C(=O)NN)c2C(F)(F)F)c1C. The summed E-state index contributed by atoms with van der Waals surface area (Å²) >= 11 is 0. The summed E-state index contributed by atoms with van der Waals surface area (Å²) in [4.78, 5) is 11.5. The first-order valence-electron chi connectivity index (χ1n) is 6.00. The fourth-order valence-electron chi connectivity index (χ4n) is 2.01. The molecule has 0 unspecified atom stereocenters. The summed E-state index contributed by atoms with van der Waals surface area (Å²) in [6.45, 7) is 3.47. The second kappa shape index (κ2) is 5.21. The van der Waals surface area contributed by atoms with Crippen LogP contribution in [-0.2, 0) is 6.18 Å². The molecule has 1 amide bonds. The van der Waals surface area contributed by atoms with Crippen LogP contribution in [-0.4, -0.2) is 15.7 Å². The summed E-state index contributed by atoms with van der Waals surface area (Å²) in [5.74, 6) is 3.87. The average Bonchev–Trinajstić information content (AvgIpc) is 2.85. The Morgan fingerprint density at radius 2 is 2.00 bits per heavy atom. The largest absolute Gasteiger partial charge is 0.434 e. The van der Waals surface area contributed by atoms with Gasteiger partial charge in [0.1, 0.15) is 0 Å². The molecule has 21 heavy (non-hydrogen) atoms. The number of nitrogens with two attached hydrogens (primary N) is 1. The highest BCUT2D eigenvalue weighted by Crippen LogP contribution is 2.34. The minimum Gasteiger partial charge on any atom is -0.290 e. The molecule has 5 nitrogen and oxygen atoms in total. The summed E-state index contributed by atoms with van der Waals surface area (Å²) in [7, 11) is 0. The zero-order valence-electron chi connectivity index (χ0n) is 11.3. The third-order valence-electron chi connectivity index (χ3n) is 3.22. The lowest BCUT2D eigenvalue weighted by molar-refractivity contribution is -0.143. The maximum absolute atomic E-state index is 13.3. The molecule has 1 heterocycles. The van der Waals surface area contributed by atoms with Gasteiger partial charge in [0, 0.05) is 0 Å². The van der Waals surface area contributed by atoms with Crippen molar-refractivity contribution >= 4 is 5.91 Å². The average molecular weight is 298 g/mol. The fraction of sp³-hybridized carbons (Fsp3) is 0.231. The van der Waals surface area contributed by atoms with Crippen LogP contribution in [0.4, 0.5) is 13.2 Å². The van der Waals surface area contributed by atoms with Crippen molar-refractivity contribution in [3.8, 4) is 5.69 Å². The van der Waals surface area contributed by atoms with E-state index in [0.29, 0.717) is 10.2 Å². The molecule has 1 aromatic heterocycles. The van der Waals surface area contributed by atoms with Gasteiger partial charge in [-0.05, 0) is 31.0 Å². The monoisotopic (exact) mass is 298 g/mol. The number of nitrogens with zero attached hydrogens (tertiary/aromatic N) is 2. The number of amides is 1. The highest BCUT2D eigenvalue weighted by molar-refractivity contribution is 5.95. The van der Waals surface area contributed by atoms with Crippen LogP contribution in [0, 0.1) is 13.8 Å². The first-order valence-corrected chi connectivity index (χ1v) is 6.00. The number of carbonyl (C=O) groups is 1. The topological polar surface area (TPSA) is 72.9 Å². The molecule has 0 aliphatic rings. The first kappa shape index (κ1) is 15.0. The Hall–Kier alpha value is -2.35. The number of nitrogen functional groups attached to an aromatic ring is 1. The van der Waals surface area contributed by atoms with Gasteiger partial charge in [0.2, 0.25) is 0 Å². The minimum absolute atomic E-state index is 0.262. The van der Waals surface area contributed by atoms with Crippen LogP contribution < -0.4 is 11.3 Å². The Morgan fingerprint density at radius 1 is 1.33 bits per heavy atom. The van der Waals surface area contributed by atoms with E-state index in [-0.39, 0.29) is 5.69 Å². The molecule has 0 saturated heterocycles. The van der Waals surface area contributed by atoms with Crippen LogP contribution in [0.3, 0.4) is 0 Å². The quantitative estimate of drug-likeness (QED) is 0.506. The molecule has 112 valence electrons. The zero-order valence-corrected chi connectivity index (χ0v) is 11.3. The van der Waals surface area contributed by atoms with E-state index < -0.39 is 23.3 Å². The van der Waals surface area contributed by atoms with Gasteiger partial charge in [-0.3, -0.25) is 10.2 Å². The molecule has 0 spiro atoms. The van der Waals surface area contributed by atoms with Gasteiger partial charge in [-0.15, -0.1) is 0 Å². The van der Waals surface area contributed by atoms with Crippen molar-refractivity contribution in [3.05, 3.63) is 46.8 Å². The molecule has 0 fully saturated rings. The highest BCUT2D eigenvalue weighted by Gasteiger charge is 2.40. The maximum Gasteiger partial charge on any atom is 0.434 e. The summed E-state index contributed by atoms with van der Waals surface area (Å²) < 4.78 is 40.5. The van der Waals surface area contributed by atoms with Crippen molar-refractivity contribution in [2.75, 3.05) is 0 Å². The Kier molecular flexibility index (Phi) is 3.73. The van der Waals surface area contributed by atoms with Crippen molar-refractivity contribution in [2.24, 2.45) is 5.84 Å². The minimum atomic E-state index is -4.74. The number of hydrazine groups is 1. The number of nitrogens with one attached hydrogen (secondary N) is 1. The van der Waals surface area contributed by atoms with E-state index in [1.165, 1.54) is 6.07 Å². The molecule has 2 aromatic rings. The van der Waals surface area contributed by atoms with Gasteiger partial charge >= 0.3 is 6.18 Å². The molecule has 0 atom stereocenters. The Morgan fingerprint density at radius 3 is 2.57 bits per heavy atom. The van der Waals surface area contributed by atoms with Gasteiger partial charge in [0.05, 0.1) is 17.4 Å². The van der Waals surface area contributed by atoms with E-state index in [1.54, 1.807) is 31.4 Å². The summed E-state index contributed by atoms with van der Waals surface area (Å²) in [5.41, 5.74) is 1.65. The molecule has 0 aliphatic heterocycles. The molecule has 2 rings (SSSR count). The third kappa shape index (κ3) is 2.62. The number of alkyl halides is 3. The van der Waals surface area contributed by atoms with Crippen molar-refractivity contribution in [1.29, 1.82) is 0 Å². The molecule has 1 aromatic carbocycles. The molecular weight excluding hydrogens is 285 g/mol. The molecule has 0 aliphatic carbocycles. The van der Waals surface area contributed by atoms with Crippen LogP contribution in [0.2, 0.25) is 0 Å². The Balaban J connectivity index is 2.73. The molecule has 0 bridgehead atoms. The van der Waals surface area contributed by atoms with E-state index in [1.807, 2.05) is 0 Å². The van der Waals surface area contributed by atoms with E-state index >= 15 is 0 Å². The van der Waals surface area contributed by atoms with Crippen LogP contribution in [0.15, 0.2) is 24.4 Å². The van der Waals surface area contributed by atoms with Gasteiger partial charge in [0.15, 0.2) is 5.69 Å². The van der Waals surface area contributed by atoms with Gasteiger partial charge in [0.25, 0.3) is 5.91 Å². The normalized spacial score (nSPS) is 11.5. The second-order valence-electron chi connectivity index (χ2n) is 4.51. The third-order valence-corrected chi connectivity index (χ3v) is 3.22. The second-order valence-corrected chi connectivity index (χ2v) is 4.51. The number of benzene rings is 1. The van der Waals surface area contributed by atoms with Crippen LogP contribution >= 0.6 is 0 Å².